The van der Waals surface area contributed by atoms with Crippen molar-refractivity contribution in [1.29, 1.82) is 0 Å². The lowest BCUT2D eigenvalue weighted by Crippen LogP contribution is -2.23. The third-order valence-corrected chi connectivity index (χ3v) is 7.99. The molecule has 39 heavy (non-hydrogen) atoms. The number of rotatable bonds is 10. The Morgan fingerprint density at radius 2 is 1.82 bits per heavy atom. The fraction of sp³-hybridized carbons (Fsp3) is 0.214. The second-order valence-corrected chi connectivity index (χ2v) is 10.6. The van der Waals surface area contributed by atoms with E-state index in [1.807, 2.05) is 12.1 Å². The number of pyridine rings is 1. The van der Waals surface area contributed by atoms with E-state index in [4.69, 9.17) is 0 Å². The van der Waals surface area contributed by atoms with E-state index in [0.29, 0.717) is 38.0 Å². The van der Waals surface area contributed by atoms with Crippen molar-refractivity contribution in [3.8, 4) is 16.2 Å². The van der Waals surface area contributed by atoms with Crippen LogP contribution in [0.15, 0.2) is 71.3 Å². The Labute approximate surface area is 230 Å². The number of ketones is 1. The first-order valence-corrected chi connectivity index (χ1v) is 13.6. The third kappa shape index (κ3) is 7.18. The molecule has 0 saturated carbocycles. The highest BCUT2D eigenvalue weighted by Gasteiger charge is 2.30. The van der Waals surface area contributed by atoms with Crippen LogP contribution in [0.3, 0.4) is 0 Å². The number of aliphatic imine (C=N–C) groups is 1. The van der Waals surface area contributed by atoms with Crippen molar-refractivity contribution in [2.24, 2.45) is 4.99 Å². The second kappa shape index (κ2) is 12.4. The molecule has 0 spiro atoms. The number of aromatic nitrogens is 1. The smallest absolute Gasteiger partial charge is 0.416 e. The first-order chi connectivity index (χ1) is 18.6. The molecule has 6 nitrogen and oxygen atoms in total. The number of halogens is 3. The van der Waals surface area contributed by atoms with Gasteiger partial charge >= 0.3 is 6.18 Å². The van der Waals surface area contributed by atoms with Crippen LogP contribution >= 0.6 is 22.7 Å². The predicted octanol–water partition coefficient (Wildman–Crippen LogP) is 6.65. The number of Topliss-reactive ketones (excluding diaryl/α,β-unsaturated/α-hetero) is 1. The van der Waals surface area contributed by atoms with Gasteiger partial charge in [-0.25, -0.2) is 0 Å². The highest BCUT2D eigenvalue weighted by Crippen LogP contribution is 2.40. The summed E-state index contributed by atoms with van der Waals surface area (Å²) in [5.74, 6) is -0.622. The zero-order valence-corrected chi connectivity index (χ0v) is 22.4. The van der Waals surface area contributed by atoms with Gasteiger partial charge in [0.1, 0.15) is 12.3 Å². The molecule has 3 heterocycles. The molecule has 0 radical (unpaired) electrons. The fourth-order valence-electron chi connectivity index (χ4n) is 3.71. The number of hydrogen-bond acceptors (Lipinski definition) is 7. The van der Waals surface area contributed by atoms with E-state index >= 15 is 0 Å². The van der Waals surface area contributed by atoms with Crippen LogP contribution in [0.25, 0.3) is 10.4 Å². The predicted molar refractivity (Wildman–Crippen MR) is 147 cm³/mol. The van der Waals surface area contributed by atoms with Gasteiger partial charge in [0.05, 0.1) is 20.2 Å². The molecular formula is C28H24F3N3O3S2. The molecule has 0 atom stereocenters. The summed E-state index contributed by atoms with van der Waals surface area (Å²) in [5.41, 5.74) is 1.59. The second-order valence-electron chi connectivity index (χ2n) is 8.61. The van der Waals surface area contributed by atoms with Crippen molar-refractivity contribution in [1.82, 2.24) is 10.3 Å². The topological polar surface area (TPSA) is 91.7 Å². The van der Waals surface area contributed by atoms with Crippen molar-refractivity contribution in [3.63, 3.8) is 0 Å². The minimum atomic E-state index is -4.44. The molecule has 4 aromatic rings. The number of hydrogen-bond donors (Lipinski definition) is 2. The molecule has 4 rings (SSSR count). The average molecular weight is 572 g/mol. The number of thiophene rings is 2. The van der Waals surface area contributed by atoms with Crippen molar-refractivity contribution in [2.75, 3.05) is 13.1 Å². The number of amides is 1. The van der Waals surface area contributed by atoms with Gasteiger partial charge in [-0.15, -0.1) is 22.7 Å². The zero-order chi connectivity index (χ0) is 28.0. The SMILES string of the molecule is CC(=NCC(=O)c1ccc(C(=O)NCCCc2cccnc2)s1)c1csc(-c2ccc(C(F)(F)F)cc2)c1O. The monoisotopic (exact) mass is 571 g/mol. The summed E-state index contributed by atoms with van der Waals surface area (Å²) in [6.07, 6.45) is 0.623. The molecule has 202 valence electrons. The molecule has 2 N–H and O–H groups in total. The summed E-state index contributed by atoms with van der Waals surface area (Å²) in [7, 11) is 0. The minimum Gasteiger partial charge on any atom is -0.506 e. The Hall–Kier alpha value is -3.83. The molecule has 1 aromatic carbocycles. The number of carbonyl (C=O) groups excluding carboxylic acids is 2. The molecule has 3 aromatic heterocycles. The maximum Gasteiger partial charge on any atom is 0.416 e. The third-order valence-electron chi connectivity index (χ3n) is 5.84. The molecular weight excluding hydrogens is 547 g/mol. The lowest BCUT2D eigenvalue weighted by atomic mass is 10.1. The zero-order valence-electron chi connectivity index (χ0n) is 20.8. The van der Waals surface area contributed by atoms with E-state index in [1.54, 1.807) is 36.8 Å². The van der Waals surface area contributed by atoms with Gasteiger partial charge in [-0.3, -0.25) is 19.6 Å². The van der Waals surface area contributed by atoms with Crippen LogP contribution in [0, 0.1) is 0 Å². The highest BCUT2D eigenvalue weighted by molar-refractivity contribution is 7.16. The van der Waals surface area contributed by atoms with Crippen LogP contribution in [0.2, 0.25) is 0 Å². The van der Waals surface area contributed by atoms with Gasteiger partial charge in [-0.05, 0) is 61.2 Å². The van der Waals surface area contributed by atoms with Crippen LogP contribution in [-0.2, 0) is 12.6 Å². The normalized spacial score (nSPS) is 11.9. The summed E-state index contributed by atoms with van der Waals surface area (Å²) in [6, 6.07) is 11.6. The molecule has 1 amide bonds. The van der Waals surface area contributed by atoms with E-state index < -0.39 is 11.7 Å². The molecule has 0 fully saturated rings. The van der Waals surface area contributed by atoms with E-state index in [9.17, 15) is 27.9 Å². The summed E-state index contributed by atoms with van der Waals surface area (Å²) in [6.45, 7) is 1.96. The number of aryl methyl sites for hydroxylation is 1. The van der Waals surface area contributed by atoms with Gasteiger partial charge in [-0.2, -0.15) is 13.2 Å². The number of benzene rings is 1. The molecule has 0 bridgehead atoms. The molecule has 0 aliphatic carbocycles. The van der Waals surface area contributed by atoms with Crippen molar-refractivity contribution in [2.45, 2.75) is 25.9 Å². The first kappa shape index (κ1) is 28.2. The highest BCUT2D eigenvalue weighted by atomic mass is 32.1. The number of aromatic hydroxyl groups is 1. The van der Waals surface area contributed by atoms with Crippen LogP contribution in [0.4, 0.5) is 13.2 Å². The van der Waals surface area contributed by atoms with Gasteiger partial charge in [0.2, 0.25) is 0 Å². The Balaban J connectivity index is 1.32. The van der Waals surface area contributed by atoms with E-state index in [2.05, 4.69) is 15.3 Å². The minimum absolute atomic E-state index is 0.105. The lowest BCUT2D eigenvalue weighted by molar-refractivity contribution is -0.137. The number of alkyl halides is 3. The van der Waals surface area contributed by atoms with Crippen LogP contribution in [0.5, 0.6) is 5.75 Å². The molecule has 0 aliphatic rings. The fourth-order valence-corrected chi connectivity index (χ4v) is 5.58. The maximum atomic E-state index is 12.8. The van der Waals surface area contributed by atoms with Crippen molar-refractivity contribution >= 4 is 40.1 Å². The summed E-state index contributed by atoms with van der Waals surface area (Å²) >= 11 is 2.26. The van der Waals surface area contributed by atoms with Gasteiger partial charge in [-0.1, -0.05) is 18.2 Å². The average Bonchev–Trinajstić information content (AvgIpc) is 3.57. The number of nitrogens with one attached hydrogen (secondary N) is 1. The standard InChI is InChI=1S/C28H24F3N3O3S2/c1-17(21-16-38-26(25(21)36)19-6-8-20(9-7-19)28(29,30)31)34-15-22(35)23-10-11-24(39-23)27(37)33-13-3-5-18-4-2-12-32-14-18/h2,4,6-12,14,16,36H,3,5,13,15H2,1H3,(H,33,37). The van der Waals surface area contributed by atoms with Crippen molar-refractivity contribution < 1.29 is 27.9 Å². The van der Waals surface area contributed by atoms with Gasteiger partial charge in [0.15, 0.2) is 5.78 Å². The lowest BCUT2D eigenvalue weighted by Gasteiger charge is -2.07. The largest absolute Gasteiger partial charge is 0.506 e. The quantitative estimate of drug-likeness (QED) is 0.127. The molecule has 0 aliphatic heterocycles. The Bertz CT molecular complexity index is 1480. The van der Waals surface area contributed by atoms with Gasteiger partial charge < -0.3 is 10.4 Å². The van der Waals surface area contributed by atoms with Gasteiger partial charge in [0.25, 0.3) is 5.91 Å². The van der Waals surface area contributed by atoms with E-state index in [-0.39, 0.29) is 24.0 Å². The summed E-state index contributed by atoms with van der Waals surface area (Å²) in [4.78, 5) is 34.7. The summed E-state index contributed by atoms with van der Waals surface area (Å²) < 4.78 is 38.5. The summed E-state index contributed by atoms with van der Waals surface area (Å²) in [5, 5.41) is 15.2. The Morgan fingerprint density at radius 3 is 2.51 bits per heavy atom. The number of nitrogens with zero attached hydrogens (tertiary/aromatic N) is 2. The van der Waals surface area contributed by atoms with Crippen LogP contribution in [-0.4, -0.2) is 40.6 Å². The molecule has 0 unspecified atom stereocenters. The van der Waals surface area contributed by atoms with Crippen LogP contribution in [0.1, 0.15) is 49.4 Å². The van der Waals surface area contributed by atoms with Gasteiger partial charge in [0, 0.05) is 35.6 Å². The molecule has 0 saturated heterocycles. The first-order valence-electron chi connectivity index (χ1n) is 11.9. The Morgan fingerprint density at radius 1 is 1.08 bits per heavy atom. The number of carbonyl (C=O) groups is 2. The Kier molecular flexibility index (Phi) is 8.93. The molecule has 11 heteroatoms. The van der Waals surface area contributed by atoms with E-state index in [0.717, 1.165) is 41.9 Å². The van der Waals surface area contributed by atoms with Crippen LogP contribution < -0.4 is 5.32 Å². The van der Waals surface area contributed by atoms with Crippen molar-refractivity contribution in [3.05, 3.63) is 92.7 Å². The van der Waals surface area contributed by atoms with E-state index in [1.165, 1.54) is 23.5 Å². The maximum absolute atomic E-state index is 12.8.